The first-order chi connectivity index (χ1) is 9.92. The van der Waals surface area contributed by atoms with Crippen LogP contribution in [0.15, 0.2) is 30.3 Å². The predicted molar refractivity (Wildman–Crippen MR) is 86.6 cm³/mol. The van der Waals surface area contributed by atoms with E-state index in [1.54, 1.807) is 19.2 Å². The summed E-state index contributed by atoms with van der Waals surface area (Å²) in [6.45, 7) is 1.89. The average Bonchev–Trinajstić information content (AvgIpc) is 2.44. The van der Waals surface area contributed by atoms with Crippen LogP contribution in [-0.2, 0) is 0 Å². The van der Waals surface area contributed by atoms with Gasteiger partial charge >= 0.3 is 0 Å². The van der Waals surface area contributed by atoms with Gasteiger partial charge < -0.3 is 15.8 Å². The highest BCUT2D eigenvalue weighted by atomic mass is 35.5. The number of halogens is 2. The molecular formula is C15H14Cl2N2O2. The van der Waals surface area contributed by atoms with Crippen LogP contribution < -0.4 is 15.8 Å². The van der Waals surface area contributed by atoms with Crippen LogP contribution in [0.2, 0.25) is 10.0 Å². The fraction of sp³-hybridized carbons (Fsp3) is 0.133. The second kappa shape index (κ2) is 6.24. The maximum atomic E-state index is 12.2. The molecule has 21 heavy (non-hydrogen) atoms. The van der Waals surface area contributed by atoms with Crippen molar-refractivity contribution < 1.29 is 9.53 Å². The SMILES string of the molecule is COc1ccc(NC(=O)c2cc(Cl)c(N)c(Cl)c2)cc1C. The van der Waals surface area contributed by atoms with Gasteiger partial charge in [0.15, 0.2) is 0 Å². The number of rotatable bonds is 3. The zero-order valence-corrected chi connectivity index (χ0v) is 13.0. The number of benzene rings is 2. The van der Waals surface area contributed by atoms with Crippen LogP contribution in [-0.4, -0.2) is 13.0 Å². The molecule has 1 amide bonds. The lowest BCUT2D eigenvalue weighted by Gasteiger charge is -2.10. The van der Waals surface area contributed by atoms with E-state index in [9.17, 15) is 4.79 Å². The Morgan fingerprint density at radius 3 is 2.33 bits per heavy atom. The molecule has 0 bridgehead atoms. The average molecular weight is 325 g/mol. The monoisotopic (exact) mass is 324 g/mol. The normalized spacial score (nSPS) is 10.3. The largest absolute Gasteiger partial charge is 0.496 e. The minimum atomic E-state index is -0.316. The molecule has 0 fully saturated rings. The lowest BCUT2D eigenvalue weighted by molar-refractivity contribution is 0.102. The molecule has 3 N–H and O–H groups in total. The summed E-state index contributed by atoms with van der Waals surface area (Å²) in [6, 6.07) is 8.32. The summed E-state index contributed by atoms with van der Waals surface area (Å²) in [5.74, 6) is 0.440. The third kappa shape index (κ3) is 3.40. The van der Waals surface area contributed by atoms with Crippen molar-refractivity contribution in [2.24, 2.45) is 0 Å². The van der Waals surface area contributed by atoms with Crippen LogP contribution in [0.25, 0.3) is 0 Å². The molecule has 2 aromatic carbocycles. The van der Waals surface area contributed by atoms with E-state index in [0.717, 1.165) is 11.3 Å². The molecule has 0 atom stereocenters. The Labute approximate surface area is 132 Å². The number of amides is 1. The number of anilines is 2. The van der Waals surface area contributed by atoms with Crippen molar-refractivity contribution in [1.82, 2.24) is 0 Å². The van der Waals surface area contributed by atoms with Crippen molar-refractivity contribution in [3.05, 3.63) is 51.5 Å². The molecule has 0 spiro atoms. The van der Waals surface area contributed by atoms with E-state index < -0.39 is 0 Å². The number of carbonyl (C=O) groups excluding carboxylic acids is 1. The molecule has 6 heteroatoms. The Bertz CT molecular complexity index is 679. The summed E-state index contributed by atoms with van der Waals surface area (Å²) in [4.78, 5) is 12.2. The van der Waals surface area contributed by atoms with Crippen molar-refractivity contribution in [3.63, 3.8) is 0 Å². The molecule has 2 aromatic rings. The van der Waals surface area contributed by atoms with Gasteiger partial charge in [-0.15, -0.1) is 0 Å². The molecule has 0 radical (unpaired) electrons. The van der Waals surface area contributed by atoms with Crippen molar-refractivity contribution in [3.8, 4) is 5.75 Å². The molecule has 0 aromatic heterocycles. The molecule has 0 aliphatic rings. The van der Waals surface area contributed by atoms with Gasteiger partial charge in [-0.2, -0.15) is 0 Å². The van der Waals surface area contributed by atoms with Gasteiger partial charge in [-0.1, -0.05) is 23.2 Å². The Balaban J connectivity index is 2.24. The maximum Gasteiger partial charge on any atom is 0.255 e. The second-order valence-corrected chi connectivity index (χ2v) is 5.31. The zero-order valence-electron chi connectivity index (χ0n) is 11.5. The van der Waals surface area contributed by atoms with Crippen molar-refractivity contribution in [2.45, 2.75) is 6.92 Å². The molecule has 0 heterocycles. The standard InChI is InChI=1S/C15H14Cl2N2O2/c1-8-5-10(3-4-13(8)21-2)19-15(20)9-6-11(16)14(18)12(17)7-9/h3-7H,18H2,1-2H3,(H,19,20). The molecule has 0 unspecified atom stereocenters. The highest BCUT2D eigenvalue weighted by Crippen LogP contribution is 2.29. The number of ether oxygens (including phenoxy) is 1. The quantitative estimate of drug-likeness (QED) is 0.834. The van der Waals surface area contributed by atoms with Gasteiger partial charge in [-0.05, 0) is 42.8 Å². The number of carbonyl (C=O) groups is 1. The smallest absolute Gasteiger partial charge is 0.255 e. The van der Waals surface area contributed by atoms with Crippen LogP contribution >= 0.6 is 23.2 Å². The molecule has 0 aliphatic carbocycles. The molecule has 0 saturated heterocycles. The van der Waals surface area contributed by atoms with Crippen molar-refractivity contribution in [1.29, 1.82) is 0 Å². The Kier molecular flexibility index (Phi) is 4.60. The first-order valence-electron chi connectivity index (χ1n) is 6.13. The van der Waals surface area contributed by atoms with Gasteiger partial charge in [0.25, 0.3) is 5.91 Å². The summed E-state index contributed by atoms with van der Waals surface area (Å²) < 4.78 is 5.17. The number of nitrogens with two attached hydrogens (primary N) is 1. The Morgan fingerprint density at radius 2 is 1.81 bits per heavy atom. The topological polar surface area (TPSA) is 64.3 Å². The number of hydrogen-bond donors (Lipinski definition) is 2. The highest BCUT2D eigenvalue weighted by molar-refractivity contribution is 6.39. The summed E-state index contributed by atoms with van der Waals surface area (Å²) in [5.41, 5.74) is 7.82. The van der Waals surface area contributed by atoms with Gasteiger partial charge in [-0.25, -0.2) is 0 Å². The van der Waals surface area contributed by atoms with E-state index in [0.29, 0.717) is 11.3 Å². The summed E-state index contributed by atoms with van der Waals surface area (Å²) in [6.07, 6.45) is 0. The van der Waals surface area contributed by atoms with Gasteiger partial charge in [0.2, 0.25) is 0 Å². The lowest BCUT2D eigenvalue weighted by Crippen LogP contribution is -2.12. The van der Waals surface area contributed by atoms with Gasteiger partial charge in [0.05, 0.1) is 22.8 Å². The summed E-state index contributed by atoms with van der Waals surface area (Å²) >= 11 is 11.8. The van der Waals surface area contributed by atoms with Crippen molar-refractivity contribution in [2.75, 3.05) is 18.2 Å². The minimum Gasteiger partial charge on any atom is -0.496 e. The van der Waals surface area contributed by atoms with E-state index in [1.807, 2.05) is 13.0 Å². The van der Waals surface area contributed by atoms with Crippen LogP contribution in [0.3, 0.4) is 0 Å². The molecule has 0 aliphatic heterocycles. The Morgan fingerprint density at radius 1 is 1.19 bits per heavy atom. The number of nitrogen functional groups attached to an aromatic ring is 1. The fourth-order valence-electron chi connectivity index (χ4n) is 1.87. The summed E-state index contributed by atoms with van der Waals surface area (Å²) in [7, 11) is 1.60. The van der Waals surface area contributed by atoms with E-state index in [4.69, 9.17) is 33.7 Å². The third-order valence-electron chi connectivity index (χ3n) is 2.99. The molecule has 110 valence electrons. The van der Waals surface area contributed by atoms with Crippen molar-refractivity contribution >= 4 is 40.5 Å². The van der Waals surface area contributed by atoms with E-state index in [2.05, 4.69) is 5.32 Å². The van der Waals surface area contributed by atoms with E-state index in [-0.39, 0.29) is 21.6 Å². The van der Waals surface area contributed by atoms with E-state index in [1.165, 1.54) is 12.1 Å². The predicted octanol–water partition coefficient (Wildman–Crippen LogP) is 4.14. The Hall–Kier alpha value is -1.91. The van der Waals surface area contributed by atoms with Crippen LogP contribution in [0.5, 0.6) is 5.75 Å². The number of aryl methyl sites for hydroxylation is 1. The first kappa shape index (κ1) is 15.5. The molecular weight excluding hydrogens is 311 g/mol. The highest BCUT2D eigenvalue weighted by Gasteiger charge is 2.12. The van der Waals surface area contributed by atoms with Gasteiger partial charge in [0.1, 0.15) is 5.75 Å². The zero-order chi connectivity index (χ0) is 15.6. The maximum absolute atomic E-state index is 12.2. The van der Waals surface area contributed by atoms with Crippen LogP contribution in [0, 0.1) is 6.92 Å². The van der Waals surface area contributed by atoms with Gasteiger partial charge in [-0.3, -0.25) is 4.79 Å². The first-order valence-corrected chi connectivity index (χ1v) is 6.88. The molecule has 4 nitrogen and oxygen atoms in total. The second-order valence-electron chi connectivity index (χ2n) is 4.49. The van der Waals surface area contributed by atoms with Gasteiger partial charge in [0, 0.05) is 11.3 Å². The number of hydrogen-bond acceptors (Lipinski definition) is 3. The molecule has 0 saturated carbocycles. The third-order valence-corrected chi connectivity index (χ3v) is 3.62. The number of methoxy groups -OCH3 is 1. The van der Waals surface area contributed by atoms with Crippen LogP contribution in [0.4, 0.5) is 11.4 Å². The number of nitrogens with one attached hydrogen (secondary N) is 1. The van der Waals surface area contributed by atoms with Crippen LogP contribution in [0.1, 0.15) is 15.9 Å². The summed E-state index contributed by atoms with van der Waals surface area (Å²) in [5, 5.41) is 3.27. The fourth-order valence-corrected chi connectivity index (χ4v) is 2.36. The molecule has 2 rings (SSSR count). The lowest BCUT2D eigenvalue weighted by atomic mass is 10.1. The minimum absolute atomic E-state index is 0.249. The van der Waals surface area contributed by atoms with E-state index >= 15 is 0 Å².